The van der Waals surface area contributed by atoms with E-state index < -0.39 is 0 Å². The van der Waals surface area contributed by atoms with Crippen molar-refractivity contribution in [2.75, 3.05) is 25.0 Å². The van der Waals surface area contributed by atoms with Gasteiger partial charge in [0, 0.05) is 12.7 Å². The van der Waals surface area contributed by atoms with Crippen LogP contribution in [0.3, 0.4) is 0 Å². The summed E-state index contributed by atoms with van der Waals surface area (Å²) in [6.45, 7) is 2.87. The van der Waals surface area contributed by atoms with E-state index in [1.54, 1.807) is 12.3 Å². The van der Waals surface area contributed by atoms with Gasteiger partial charge >= 0.3 is 0 Å². The summed E-state index contributed by atoms with van der Waals surface area (Å²) in [6, 6.07) is 3.01. The van der Waals surface area contributed by atoms with E-state index in [1.165, 1.54) is 6.07 Å². The van der Waals surface area contributed by atoms with Gasteiger partial charge in [-0.15, -0.1) is 0 Å². The molecule has 2 heterocycles. The predicted octanol–water partition coefficient (Wildman–Crippen LogP) is 1.24. The van der Waals surface area contributed by atoms with Gasteiger partial charge < -0.3 is 10.6 Å². The quantitative estimate of drug-likeness (QED) is 0.762. The maximum Gasteiger partial charge on any atom is 0.165 e. The summed E-state index contributed by atoms with van der Waals surface area (Å²) in [5.74, 6) is 0.675. The van der Waals surface area contributed by atoms with E-state index in [2.05, 4.69) is 15.6 Å². The molecular weight excluding hydrogens is 181 g/mol. The number of hydrogen-bond acceptors (Lipinski definition) is 3. The molecule has 14 heavy (non-hydrogen) atoms. The summed E-state index contributed by atoms with van der Waals surface area (Å²) >= 11 is 0. The van der Waals surface area contributed by atoms with E-state index in [0.29, 0.717) is 11.7 Å². The highest BCUT2D eigenvalue weighted by atomic mass is 19.1. The number of nitrogens with zero attached hydrogens (tertiary/aromatic N) is 1. The van der Waals surface area contributed by atoms with E-state index in [0.717, 1.165) is 26.1 Å². The Hall–Kier alpha value is -1.16. The Bertz CT molecular complexity index is 297. The van der Waals surface area contributed by atoms with Crippen molar-refractivity contribution >= 4 is 5.82 Å². The zero-order chi connectivity index (χ0) is 9.80. The molecule has 0 radical (unpaired) electrons. The van der Waals surface area contributed by atoms with Crippen molar-refractivity contribution in [3.05, 3.63) is 24.1 Å². The molecule has 0 spiro atoms. The van der Waals surface area contributed by atoms with E-state index in [9.17, 15) is 4.39 Å². The van der Waals surface area contributed by atoms with Crippen LogP contribution in [-0.4, -0.2) is 24.6 Å². The number of anilines is 1. The van der Waals surface area contributed by atoms with Gasteiger partial charge in [-0.1, -0.05) is 0 Å². The van der Waals surface area contributed by atoms with Crippen LogP contribution in [0, 0.1) is 11.7 Å². The first kappa shape index (κ1) is 9.40. The largest absolute Gasteiger partial charge is 0.367 e. The fourth-order valence-electron chi connectivity index (χ4n) is 1.65. The third-order valence-corrected chi connectivity index (χ3v) is 2.48. The number of nitrogens with one attached hydrogen (secondary N) is 2. The lowest BCUT2D eigenvalue weighted by molar-refractivity contribution is 0.597. The second-order valence-electron chi connectivity index (χ2n) is 3.57. The van der Waals surface area contributed by atoms with Crippen LogP contribution >= 0.6 is 0 Å². The number of hydrogen-bond donors (Lipinski definition) is 2. The molecule has 0 aromatic carbocycles. The van der Waals surface area contributed by atoms with Gasteiger partial charge in [0.2, 0.25) is 0 Å². The molecule has 0 bridgehead atoms. The number of halogens is 1. The van der Waals surface area contributed by atoms with Crippen LogP contribution in [0.4, 0.5) is 10.2 Å². The van der Waals surface area contributed by atoms with Crippen LogP contribution < -0.4 is 10.6 Å². The van der Waals surface area contributed by atoms with Crippen molar-refractivity contribution in [1.29, 1.82) is 0 Å². The van der Waals surface area contributed by atoms with Crippen LogP contribution in [0.25, 0.3) is 0 Å². The molecule has 1 aliphatic rings. The monoisotopic (exact) mass is 195 g/mol. The summed E-state index contributed by atoms with van der Waals surface area (Å²) in [7, 11) is 0. The van der Waals surface area contributed by atoms with E-state index >= 15 is 0 Å². The molecule has 1 saturated heterocycles. The fraction of sp³-hybridized carbons (Fsp3) is 0.500. The Morgan fingerprint density at radius 2 is 2.57 bits per heavy atom. The first-order valence-corrected chi connectivity index (χ1v) is 4.91. The maximum absolute atomic E-state index is 13.1. The first-order valence-electron chi connectivity index (χ1n) is 4.91. The minimum atomic E-state index is -0.279. The molecule has 0 aliphatic carbocycles. The molecule has 4 heteroatoms. The molecule has 1 unspecified atom stereocenters. The van der Waals surface area contributed by atoms with Crippen LogP contribution in [0.1, 0.15) is 6.42 Å². The Labute approximate surface area is 82.7 Å². The van der Waals surface area contributed by atoms with Gasteiger partial charge in [0.1, 0.15) is 0 Å². The molecule has 76 valence electrons. The fourth-order valence-corrected chi connectivity index (χ4v) is 1.65. The molecule has 0 saturated carbocycles. The molecule has 1 atom stereocenters. The van der Waals surface area contributed by atoms with Crippen molar-refractivity contribution in [2.24, 2.45) is 5.92 Å². The van der Waals surface area contributed by atoms with Crippen LogP contribution in [0.5, 0.6) is 0 Å². The average molecular weight is 195 g/mol. The summed E-state index contributed by atoms with van der Waals surface area (Å²) in [4.78, 5) is 3.93. The molecule has 2 rings (SSSR count). The van der Waals surface area contributed by atoms with E-state index in [-0.39, 0.29) is 5.82 Å². The van der Waals surface area contributed by atoms with Gasteiger partial charge in [0.15, 0.2) is 11.6 Å². The second kappa shape index (κ2) is 4.37. The summed E-state index contributed by atoms with van der Waals surface area (Å²) in [5, 5.41) is 6.30. The molecule has 0 amide bonds. The molecule has 1 aromatic heterocycles. The highest BCUT2D eigenvalue weighted by Crippen LogP contribution is 2.12. The maximum atomic E-state index is 13.1. The van der Waals surface area contributed by atoms with Gasteiger partial charge in [-0.25, -0.2) is 9.37 Å². The molecule has 1 aliphatic heterocycles. The minimum Gasteiger partial charge on any atom is -0.367 e. The highest BCUT2D eigenvalue weighted by Gasteiger charge is 2.14. The predicted molar refractivity (Wildman–Crippen MR) is 53.7 cm³/mol. The molecule has 3 nitrogen and oxygen atoms in total. The molecule has 1 aromatic rings. The zero-order valence-electron chi connectivity index (χ0n) is 7.96. The van der Waals surface area contributed by atoms with Crippen molar-refractivity contribution in [3.63, 3.8) is 0 Å². The Morgan fingerprint density at radius 3 is 3.29 bits per heavy atom. The Kier molecular flexibility index (Phi) is 2.93. The van der Waals surface area contributed by atoms with Crippen molar-refractivity contribution in [3.8, 4) is 0 Å². The lowest BCUT2D eigenvalue weighted by Gasteiger charge is -2.10. The van der Waals surface area contributed by atoms with Crippen molar-refractivity contribution in [2.45, 2.75) is 6.42 Å². The molecule has 2 N–H and O–H groups in total. The Morgan fingerprint density at radius 1 is 1.64 bits per heavy atom. The van der Waals surface area contributed by atoms with E-state index in [4.69, 9.17) is 0 Å². The lowest BCUT2D eigenvalue weighted by Crippen LogP contribution is -2.18. The summed E-state index contributed by atoms with van der Waals surface area (Å²) < 4.78 is 13.1. The van der Waals surface area contributed by atoms with Crippen LogP contribution in [0.2, 0.25) is 0 Å². The van der Waals surface area contributed by atoms with Crippen LogP contribution in [0.15, 0.2) is 18.3 Å². The average Bonchev–Trinajstić information content (AvgIpc) is 2.69. The second-order valence-corrected chi connectivity index (χ2v) is 3.57. The third-order valence-electron chi connectivity index (χ3n) is 2.48. The van der Waals surface area contributed by atoms with Crippen molar-refractivity contribution < 1.29 is 4.39 Å². The van der Waals surface area contributed by atoms with E-state index in [1.807, 2.05) is 0 Å². The van der Waals surface area contributed by atoms with Gasteiger partial charge in [-0.05, 0) is 37.6 Å². The lowest BCUT2D eigenvalue weighted by atomic mass is 10.1. The first-order chi connectivity index (χ1) is 6.86. The topological polar surface area (TPSA) is 37.0 Å². The van der Waals surface area contributed by atoms with Gasteiger partial charge in [-0.3, -0.25) is 0 Å². The van der Waals surface area contributed by atoms with Crippen molar-refractivity contribution in [1.82, 2.24) is 10.3 Å². The van der Waals surface area contributed by atoms with Crippen LogP contribution in [-0.2, 0) is 0 Å². The van der Waals surface area contributed by atoms with Gasteiger partial charge in [0.25, 0.3) is 0 Å². The zero-order valence-corrected chi connectivity index (χ0v) is 7.96. The highest BCUT2D eigenvalue weighted by molar-refractivity contribution is 5.35. The minimum absolute atomic E-state index is 0.279. The smallest absolute Gasteiger partial charge is 0.165 e. The SMILES string of the molecule is Fc1cccnc1NCC1CCNC1. The number of rotatable bonds is 3. The number of pyridine rings is 1. The van der Waals surface area contributed by atoms with Gasteiger partial charge in [0.05, 0.1) is 0 Å². The molecular formula is C10H14FN3. The number of aromatic nitrogens is 1. The third kappa shape index (κ3) is 2.20. The van der Waals surface area contributed by atoms with Gasteiger partial charge in [-0.2, -0.15) is 0 Å². The molecule has 1 fully saturated rings. The Balaban J connectivity index is 1.88. The summed E-state index contributed by atoms with van der Waals surface area (Å²) in [5.41, 5.74) is 0. The summed E-state index contributed by atoms with van der Waals surface area (Å²) in [6.07, 6.45) is 2.75. The standard InChI is InChI=1S/C10H14FN3/c11-9-2-1-4-13-10(9)14-7-8-3-5-12-6-8/h1-2,4,8,12H,3,5-7H2,(H,13,14). The normalized spacial score (nSPS) is 21.1.